The number of nitrogens with one attached hydrogen (secondary N) is 1. The normalized spacial score (nSPS) is 10.9. The zero-order chi connectivity index (χ0) is 14.4. The molecule has 20 heavy (non-hydrogen) atoms. The topological polar surface area (TPSA) is 47.0 Å². The SMILES string of the molecule is CCCNCc1sc(-c2cccc(C)n2)nc1COC. The van der Waals surface area contributed by atoms with Gasteiger partial charge in [0.1, 0.15) is 5.01 Å². The molecule has 0 saturated carbocycles. The number of nitrogens with zero attached hydrogens (tertiary/aromatic N) is 2. The van der Waals surface area contributed by atoms with E-state index in [1.807, 2.05) is 25.1 Å². The van der Waals surface area contributed by atoms with E-state index in [0.717, 1.165) is 41.6 Å². The summed E-state index contributed by atoms with van der Waals surface area (Å²) in [6.07, 6.45) is 1.13. The quantitative estimate of drug-likeness (QED) is 0.796. The fourth-order valence-electron chi connectivity index (χ4n) is 1.92. The van der Waals surface area contributed by atoms with E-state index >= 15 is 0 Å². The fourth-order valence-corrected chi connectivity index (χ4v) is 2.93. The van der Waals surface area contributed by atoms with Crippen molar-refractivity contribution in [3.05, 3.63) is 34.5 Å². The summed E-state index contributed by atoms with van der Waals surface area (Å²) in [7, 11) is 1.70. The van der Waals surface area contributed by atoms with Gasteiger partial charge in [0.2, 0.25) is 0 Å². The minimum absolute atomic E-state index is 0.547. The van der Waals surface area contributed by atoms with Crippen LogP contribution in [0.4, 0.5) is 0 Å². The molecule has 2 aromatic heterocycles. The standard InChI is InChI=1S/C15H21N3OS/c1-4-8-16-9-14-13(10-19-3)18-15(20-14)12-7-5-6-11(2)17-12/h5-7,16H,4,8-10H2,1-3H3. The molecule has 0 bridgehead atoms. The summed E-state index contributed by atoms with van der Waals surface area (Å²) in [5.41, 5.74) is 2.96. The molecule has 0 atom stereocenters. The highest BCUT2D eigenvalue weighted by Crippen LogP contribution is 2.27. The van der Waals surface area contributed by atoms with Crippen molar-refractivity contribution >= 4 is 11.3 Å². The van der Waals surface area contributed by atoms with Crippen LogP contribution in [0.1, 0.15) is 29.6 Å². The Morgan fingerprint density at radius 2 is 2.15 bits per heavy atom. The number of thiazole rings is 1. The smallest absolute Gasteiger partial charge is 0.142 e. The lowest BCUT2D eigenvalue weighted by Crippen LogP contribution is -2.14. The fraction of sp³-hybridized carbons (Fsp3) is 0.467. The van der Waals surface area contributed by atoms with Gasteiger partial charge in [-0.3, -0.25) is 4.98 Å². The van der Waals surface area contributed by atoms with Gasteiger partial charge in [0.15, 0.2) is 0 Å². The summed E-state index contributed by atoms with van der Waals surface area (Å²) in [5, 5.41) is 4.39. The second kappa shape index (κ2) is 7.47. The first-order valence-electron chi connectivity index (χ1n) is 6.86. The molecule has 0 unspecified atom stereocenters. The summed E-state index contributed by atoms with van der Waals surface area (Å²) in [4.78, 5) is 10.5. The lowest BCUT2D eigenvalue weighted by atomic mass is 10.3. The molecule has 2 rings (SSSR count). The molecular formula is C15H21N3OS. The minimum atomic E-state index is 0.547. The van der Waals surface area contributed by atoms with E-state index in [2.05, 4.69) is 22.2 Å². The number of hydrogen-bond acceptors (Lipinski definition) is 5. The van der Waals surface area contributed by atoms with E-state index < -0.39 is 0 Å². The lowest BCUT2D eigenvalue weighted by Gasteiger charge is -2.02. The molecule has 0 radical (unpaired) electrons. The zero-order valence-electron chi connectivity index (χ0n) is 12.3. The number of aryl methyl sites for hydroxylation is 1. The van der Waals surface area contributed by atoms with Crippen molar-refractivity contribution in [3.8, 4) is 10.7 Å². The van der Waals surface area contributed by atoms with Crippen LogP contribution in [0.5, 0.6) is 0 Å². The number of rotatable bonds is 7. The Morgan fingerprint density at radius 1 is 1.30 bits per heavy atom. The Morgan fingerprint density at radius 3 is 2.85 bits per heavy atom. The average molecular weight is 291 g/mol. The summed E-state index contributed by atoms with van der Waals surface area (Å²) < 4.78 is 5.24. The highest BCUT2D eigenvalue weighted by molar-refractivity contribution is 7.15. The van der Waals surface area contributed by atoms with Crippen LogP contribution in [0.25, 0.3) is 10.7 Å². The largest absolute Gasteiger partial charge is 0.378 e. The van der Waals surface area contributed by atoms with Gasteiger partial charge in [-0.2, -0.15) is 0 Å². The molecule has 0 aliphatic carbocycles. The molecular weight excluding hydrogens is 270 g/mol. The van der Waals surface area contributed by atoms with Gasteiger partial charge in [0, 0.05) is 24.2 Å². The molecule has 0 amide bonds. The van der Waals surface area contributed by atoms with Crippen molar-refractivity contribution in [2.45, 2.75) is 33.4 Å². The van der Waals surface area contributed by atoms with Crippen LogP contribution in [-0.2, 0) is 17.9 Å². The van der Waals surface area contributed by atoms with Crippen molar-refractivity contribution < 1.29 is 4.74 Å². The summed E-state index contributed by atoms with van der Waals surface area (Å²) in [5.74, 6) is 0. The molecule has 2 heterocycles. The van der Waals surface area contributed by atoms with Crippen LogP contribution in [0.2, 0.25) is 0 Å². The van der Waals surface area contributed by atoms with E-state index in [-0.39, 0.29) is 0 Å². The van der Waals surface area contributed by atoms with E-state index in [4.69, 9.17) is 4.74 Å². The number of ether oxygens (including phenoxy) is 1. The molecule has 108 valence electrons. The van der Waals surface area contributed by atoms with Gasteiger partial charge in [-0.05, 0) is 32.0 Å². The molecule has 0 aliphatic rings. The Kier molecular flexibility index (Phi) is 5.64. The van der Waals surface area contributed by atoms with Crippen LogP contribution in [0.3, 0.4) is 0 Å². The number of pyridine rings is 1. The maximum absolute atomic E-state index is 5.24. The van der Waals surface area contributed by atoms with Crippen molar-refractivity contribution in [1.82, 2.24) is 15.3 Å². The Labute approximate surface area is 124 Å². The Balaban J connectivity index is 2.23. The highest BCUT2D eigenvalue weighted by atomic mass is 32.1. The third-order valence-corrected chi connectivity index (χ3v) is 4.00. The first-order chi connectivity index (χ1) is 9.74. The first kappa shape index (κ1) is 15.1. The maximum atomic E-state index is 5.24. The van der Waals surface area contributed by atoms with Crippen molar-refractivity contribution in [1.29, 1.82) is 0 Å². The highest BCUT2D eigenvalue weighted by Gasteiger charge is 2.13. The van der Waals surface area contributed by atoms with Gasteiger partial charge in [0.05, 0.1) is 18.0 Å². The molecule has 5 heteroatoms. The van der Waals surface area contributed by atoms with Crippen LogP contribution in [0, 0.1) is 6.92 Å². The lowest BCUT2D eigenvalue weighted by molar-refractivity contribution is 0.181. The van der Waals surface area contributed by atoms with Gasteiger partial charge >= 0.3 is 0 Å². The van der Waals surface area contributed by atoms with Gasteiger partial charge < -0.3 is 10.1 Å². The van der Waals surface area contributed by atoms with E-state index in [9.17, 15) is 0 Å². The van der Waals surface area contributed by atoms with Gasteiger partial charge in [-0.15, -0.1) is 11.3 Å². The van der Waals surface area contributed by atoms with Crippen molar-refractivity contribution in [2.75, 3.05) is 13.7 Å². The predicted octanol–water partition coefficient (Wildman–Crippen LogP) is 3.16. The summed E-state index contributed by atoms with van der Waals surface area (Å²) in [6, 6.07) is 6.02. The Bertz CT molecular complexity index is 554. The Hall–Kier alpha value is -1.30. The van der Waals surface area contributed by atoms with E-state index in [1.165, 1.54) is 4.88 Å². The number of aromatic nitrogens is 2. The molecule has 0 saturated heterocycles. The molecule has 0 aliphatic heterocycles. The number of hydrogen-bond donors (Lipinski definition) is 1. The maximum Gasteiger partial charge on any atom is 0.142 e. The van der Waals surface area contributed by atoms with Crippen molar-refractivity contribution in [2.24, 2.45) is 0 Å². The van der Waals surface area contributed by atoms with Crippen molar-refractivity contribution in [3.63, 3.8) is 0 Å². The average Bonchev–Trinajstić information content (AvgIpc) is 2.83. The van der Waals surface area contributed by atoms with Crippen LogP contribution < -0.4 is 5.32 Å². The molecule has 2 aromatic rings. The number of methoxy groups -OCH3 is 1. The third-order valence-electron chi connectivity index (χ3n) is 2.88. The monoisotopic (exact) mass is 291 g/mol. The second-order valence-corrected chi connectivity index (χ2v) is 5.75. The second-order valence-electron chi connectivity index (χ2n) is 4.66. The summed E-state index contributed by atoms with van der Waals surface area (Å²) in [6.45, 7) is 6.57. The van der Waals surface area contributed by atoms with E-state index in [1.54, 1.807) is 18.4 Å². The third kappa shape index (κ3) is 3.85. The molecule has 0 aromatic carbocycles. The molecule has 0 spiro atoms. The van der Waals surface area contributed by atoms with Crippen LogP contribution >= 0.6 is 11.3 Å². The molecule has 4 nitrogen and oxygen atoms in total. The summed E-state index contributed by atoms with van der Waals surface area (Å²) >= 11 is 1.70. The van der Waals surface area contributed by atoms with Gasteiger partial charge in [-0.25, -0.2) is 4.98 Å². The van der Waals surface area contributed by atoms with Gasteiger partial charge in [0.25, 0.3) is 0 Å². The molecule has 1 N–H and O–H groups in total. The van der Waals surface area contributed by atoms with Gasteiger partial charge in [-0.1, -0.05) is 13.0 Å². The first-order valence-corrected chi connectivity index (χ1v) is 7.68. The molecule has 0 fully saturated rings. The van der Waals surface area contributed by atoms with Crippen LogP contribution in [-0.4, -0.2) is 23.6 Å². The van der Waals surface area contributed by atoms with E-state index in [0.29, 0.717) is 6.61 Å². The zero-order valence-corrected chi connectivity index (χ0v) is 13.1. The minimum Gasteiger partial charge on any atom is -0.378 e. The predicted molar refractivity (Wildman–Crippen MR) is 82.8 cm³/mol. The van der Waals surface area contributed by atoms with Crippen LogP contribution in [0.15, 0.2) is 18.2 Å².